The van der Waals surface area contributed by atoms with Crippen LogP contribution in [0.1, 0.15) is 41.9 Å². The van der Waals surface area contributed by atoms with Crippen LogP contribution in [0.25, 0.3) is 11.8 Å². The molecule has 1 aliphatic heterocycles. The standard InChI is InChI=1S/C21H24N2O2S/c1-12(2)22-20(24)19(26-21(22)25)11-17-10-15(5)23(16(17)6)18-9-13(3)7-8-14(18)4/h7-12H,1-6H3/b19-11+. The lowest BCUT2D eigenvalue weighted by Crippen LogP contribution is -2.34. The molecule has 2 amide bonds. The molecule has 2 aromatic rings. The molecule has 0 bridgehead atoms. The highest BCUT2D eigenvalue weighted by Crippen LogP contribution is 2.35. The zero-order valence-electron chi connectivity index (χ0n) is 16.1. The van der Waals surface area contributed by atoms with E-state index >= 15 is 0 Å². The van der Waals surface area contributed by atoms with Crippen molar-refractivity contribution in [1.29, 1.82) is 0 Å². The third-order valence-corrected chi connectivity index (χ3v) is 5.59. The van der Waals surface area contributed by atoms with Crippen molar-refractivity contribution < 1.29 is 9.59 Å². The molecule has 1 fully saturated rings. The summed E-state index contributed by atoms with van der Waals surface area (Å²) in [5.74, 6) is -0.202. The lowest BCUT2D eigenvalue weighted by Gasteiger charge is -2.16. The van der Waals surface area contributed by atoms with Crippen molar-refractivity contribution in [2.75, 3.05) is 0 Å². The first-order valence-corrected chi connectivity index (χ1v) is 9.56. The minimum absolute atomic E-state index is 0.129. The summed E-state index contributed by atoms with van der Waals surface area (Å²) in [6, 6.07) is 8.34. The van der Waals surface area contributed by atoms with E-state index in [1.54, 1.807) is 0 Å². The maximum atomic E-state index is 12.5. The lowest BCUT2D eigenvalue weighted by molar-refractivity contribution is -0.123. The number of imide groups is 1. The Labute approximate surface area is 158 Å². The van der Waals surface area contributed by atoms with Gasteiger partial charge in [-0.1, -0.05) is 12.1 Å². The van der Waals surface area contributed by atoms with Crippen molar-refractivity contribution in [1.82, 2.24) is 9.47 Å². The van der Waals surface area contributed by atoms with Crippen LogP contribution in [-0.2, 0) is 4.79 Å². The number of nitrogens with zero attached hydrogens (tertiary/aromatic N) is 2. The smallest absolute Gasteiger partial charge is 0.293 e. The average Bonchev–Trinajstić information content (AvgIpc) is 2.98. The van der Waals surface area contributed by atoms with E-state index in [1.165, 1.54) is 16.0 Å². The van der Waals surface area contributed by atoms with E-state index in [0.717, 1.165) is 34.4 Å². The highest BCUT2D eigenvalue weighted by Gasteiger charge is 2.36. The largest absolute Gasteiger partial charge is 0.318 e. The Hall–Kier alpha value is -2.27. The van der Waals surface area contributed by atoms with Crippen LogP contribution in [0.2, 0.25) is 0 Å². The number of rotatable bonds is 3. The third-order valence-electron chi connectivity index (χ3n) is 4.70. The molecule has 1 aromatic heterocycles. The number of aromatic nitrogens is 1. The van der Waals surface area contributed by atoms with Crippen molar-refractivity contribution in [3.05, 3.63) is 57.2 Å². The van der Waals surface area contributed by atoms with Crippen LogP contribution in [0, 0.1) is 27.7 Å². The fourth-order valence-electron chi connectivity index (χ4n) is 3.33. The van der Waals surface area contributed by atoms with Crippen LogP contribution in [0.15, 0.2) is 29.2 Å². The molecule has 4 nitrogen and oxygen atoms in total. The minimum atomic E-state index is -0.202. The number of hydrogen-bond donors (Lipinski definition) is 0. The highest BCUT2D eigenvalue weighted by atomic mass is 32.2. The van der Waals surface area contributed by atoms with E-state index in [1.807, 2.05) is 26.8 Å². The molecule has 1 saturated heterocycles. The Morgan fingerprint density at radius 2 is 1.73 bits per heavy atom. The maximum Gasteiger partial charge on any atom is 0.293 e. The van der Waals surface area contributed by atoms with Gasteiger partial charge in [-0.2, -0.15) is 0 Å². The molecule has 2 heterocycles. The second-order valence-corrected chi connectivity index (χ2v) is 8.09. The molecule has 0 atom stereocenters. The van der Waals surface area contributed by atoms with E-state index in [9.17, 15) is 9.59 Å². The predicted octanol–water partition coefficient (Wildman–Crippen LogP) is 5.16. The van der Waals surface area contributed by atoms with E-state index < -0.39 is 0 Å². The Balaban J connectivity index is 2.06. The maximum absolute atomic E-state index is 12.5. The first-order chi connectivity index (χ1) is 12.2. The quantitative estimate of drug-likeness (QED) is 0.703. The van der Waals surface area contributed by atoms with Crippen molar-refractivity contribution in [3.63, 3.8) is 0 Å². The zero-order valence-corrected chi connectivity index (χ0v) is 16.9. The summed E-state index contributed by atoms with van der Waals surface area (Å²) in [7, 11) is 0. The molecule has 0 N–H and O–H groups in total. The molecule has 136 valence electrons. The Bertz CT molecular complexity index is 938. The van der Waals surface area contributed by atoms with Crippen LogP contribution in [0.3, 0.4) is 0 Å². The number of thioether (sulfide) groups is 1. The second kappa shape index (κ2) is 6.80. The summed E-state index contributed by atoms with van der Waals surface area (Å²) < 4.78 is 2.21. The number of carbonyl (C=O) groups is 2. The molecule has 0 saturated carbocycles. The summed E-state index contributed by atoms with van der Waals surface area (Å²) in [6.45, 7) is 12.0. The molecule has 0 unspecified atom stereocenters. The highest BCUT2D eigenvalue weighted by molar-refractivity contribution is 8.18. The van der Waals surface area contributed by atoms with Gasteiger partial charge in [0.05, 0.1) is 4.91 Å². The van der Waals surface area contributed by atoms with E-state index in [4.69, 9.17) is 0 Å². The van der Waals surface area contributed by atoms with Crippen LogP contribution in [0.5, 0.6) is 0 Å². The van der Waals surface area contributed by atoms with Gasteiger partial charge in [-0.05, 0) is 88.2 Å². The molecule has 26 heavy (non-hydrogen) atoms. The molecular weight excluding hydrogens is 344 g/mol. The van der Waals surface area contributed by atoms with Crippen LogP contribution in [-0.4, -0.2) is 26.7 Å². The first kappa shape index (κ1) is 18.5. The number of hydrogen-bond acceptors (Lipinski definition) is 3. The van der Waals surface area contributed by atoms with Gasteiger partial charge in [0.15, 0.2) is 0 Å². The summed E-state index contributed by atoms with van der Waals surface area (Å²) in [5.41, 5.74) is 6.69. The summed E-state index contributed by atoms with van der Waals surface area (Å²) in [6.07, 6.45) is 1.84. The normalized spacial score (nSPS) is 16.4. The van der Waals surface area contributed by atoms with Crippen LogP contribution in [0.4, 0.5) is 4.79 Å². The fourth-order valence-corrected chi connectivity index (χ4v) is 4.28. The van der Waals surface area contributed by atoms with Crippen molar-refractivity contribution >= 4 is 29.0 Å². The van der Waals surface area contributed by atoms with E-state index in [2.05, 4.69) is 49.6 Å². The van der Waals surface area contributed by atoms with Gasteiger partial charge >= 0.3 is 0 Å². The fraction of sp³-hybridized carbons (Fsp3) is 0.333. The van der Waals surface area contributed by atoms with Gasteiger partial charge in [0.25, 0.3) is 11.1 Å². The number of amides is 2. The SMILES string of the molecule is Cc1ccc(C)c(-n2c(C)cc(/C=C3/SC(=O)N(C(C)C)C3=O)c2C)c1. The molecule has 0 spiro atoms. The third kappa shape index (κ3) is 3.12. The molecule has 3 rings (SSSR count). The number of carbonyl (C=O) groups excluding carboxylic acids is 2. The molecule has 5 heteroatoms. The van der Waals surface area contributed by atoms with Crippen molar-refractivity contribution in [2.24, 2.45) is 0 Å². The van der Waals surface area contributed by atoms with Gasteiger partial charge in [-0.3, -0.25) is 14.5 Å². The topological polar surface area (TPSA) is 42.3 Å². The monoisotopic (exact) mass is 368 g/mol. The molecule has 1 aliphatic rings. The molecule has 0 aliphatic carbocycles. The van der Waals surface area contributed by atoms with E-state index in [-0.39, 0.29) is 17.2 Å². The van der Waals surface area contributed by atoms with Gasteiger partial charge in [0.2, 0.25) is 0 Å². The summed E-state index contributed by atoms with van der Waals surface area (Å²) in [5, 5.41) is -0.195. The first-order valence-electron chi connectivity index (χ1n) is 8.74. The van der Waals surface area contributed by atoms with Gasteiger partial charge in [0.1, 0.15) is 0 Å². The van der Waals surface area contributed by atoms with E-state index in [0.29, 0.717) is 4.91 Å². The van der Waals surface area contributed by atoms with Crippen LogP contribution >= 0.6 is 11.8 Å². The Kier molecular flexibility index (Phi) is 4.84. The molecular formula is C21H24N2O2S. The average molecular weight is 369 g/mol. The summed E-state index contributed by atoms with van der Waals surface area (Å²) >= 11 is 1.02. The van der Waals surface area contributed by atoms with Gasteiger partial charge in [-0.15, -0.1) is 0 Å². The number of aryl methyl sites for hydroxylation is 3. The second-order valence-electron chi connectivity index (χ2n) is 7.10. The zero-order chi connectivity index (χ0) is 19.2. The molecule has 1 aromatic carbocycles. The predicted molar refractivity (Wildman–Crippen MR) is 108 cm³/mol. The van der Waals surface area contributed by atoms with Gasteiger partial charge in [-0.25, -0.2) is 0 Å². The number of benzene rings is 1. The molecule has 0 radical (unpaired) electrons. The van der Waals surface area contributed by atoms with Crippen LogP contribution < -0.4 is 0 Å². The summed E-state index contributed by atoms with van der Waals surface area (Å²) in [4.78, 5) is 26.5. The minimum Gasteiger partial charge on any atom is -0.318 e. The Morgan fingerprint density at radius 3 is 2.35 bits per heavy atom. The van der Waals surface area contributed by atoms with Crippen molar-refractivity contribution in [2.45, 2.75) is 47.6 Å². The lowest BCUT2D eigenvalue weighted by atomic mass is 10.1. The van der Waals surface area contributed by atoms with Gasteiger partial charge in [0, 0.05) is 23.1 Å². The Morgan fingerprint density at radius 1 is 1.04 bits per heavy atom. The van der Waals surface area contributed by atoms with Crippen molar-refractivity contribution in [3.8, 4) is 5.69 Å². The van der Waals surface area contributed by atoms with Gasteiger partial charge < -0.3 is 4.57 Å².